The topological polar surface area (TPSA) is 16.4 Å². The van der Waals surface area contributed by atoms with Crippen molar-refractivity contribution < 1.29 is 4.42 Å². The molecular formula is C44H27NOS. The summed E-state index contributed by atoms with van der Waals surface area (Å²) in [5.41, 5.74) is 7.70. The Kier molecular flexibility index (Phi) is 5.78. The molecule has 0 saturated heterocycles. The van der Waals surface area contributed by atoms with Gasteiger partial charge in [0.15, 0.2) is 0 Å². The molecule has 8 aromatic carbocycles. The van der Waals surface area contributed by atoms with Gasteiger partial charge in [-0.1, -0.05) is 103 Å². The molecule has 0 unspecified atom stereocenters. The molecule has 3 heteroatoms. The molecule has 220 valence electrons. The van der Waals surface area contributed by atoms with Gasteiger partial charge in [0.1, 0.15) is 11.2 Å². The molecule has 0 N–H and O–H groups in total. The van der Waals surface area contributed by atoms with Gasteiger partial charge >= 0.3 is 0 Å². The summed E-state index contributed by atoms with van der Waals surface area (Å²) in [5.74, 6) is 0. The highest BCUT2D eigenvalue weighted by molar-refractivity contribution is 7.26. The summed E-state index contributed by atoms with van der Waals surface area (Å²) in [6.45, 7) is 0. The number of fused-ring (bicyclic) bond motifs is 9. The summed E-state index contributed by atoms with van der Waals surface area (Å²) in [6.07, 6.45) is 0. The van der Waals surface area contributed by atoms with Crippen LogP contribution in [0, 0.1) is 0 Å². The number of para-hydroxylation sites is 1. The third kappa shape index (κ3) is 4.17. The standard InChI is InChI=1S/C44H27NOS/c1-2-13-34(14-3-1)45(35-21-19-29(20-22-35)33-18-17-28-9-4-5-10-30(28)25-33)39-16-8-15-37-42-41(47-44(37)39)24-23-36-38-26-31-11-6-7-12-32(31)27-40(38)46-43(36)42/h1-27H. The van der Waals surface area contributed by atoms with Crippen LogP contribution in [0.1, 0.15) is 0 Å². The monoisotopic (exact) mass is 617 g/mol. The van der Waals surface area contributed by atoms with Crippen molar-refractivity contribution in [1.82, 2.24) is 0 Å². The minimum atomic E-state index is 0.930. The maximum Gasteiger partial charge on any atom is 0.144 e. The Morgan fingerprint density at radius 1 is 0.447 bits per heavy atom. The number of hydrogen-bond donors (Lipinski definition) is 0. The molecular weight excluding hydrogens is 591 g/mol. The van der Waals surface area contributed by atoms with E-state index in [1.54, 1.807) is 0 Å². The van der Waals surface area contributed by atoms with E-state index in [2.05, 4.69) is 169 Å². The van der Waals surface area contributed by atoms with E-state index >= 15 is 0 Å². The zero-order valence-corrected chi connectivity index (χ0v) is 26.2. The van der Waals surface area contributed by atoms with Crippen LogP contribution >= 0.6 is 11.3 Å². The number of thiophene rings is 1. The Hall–Kier alpha value is -5.90. The Labute approximate surface area is 275 Å². The van der Waals surface area contributed by atoms with Gasteiger partial charge in [0.05, 0.1) is 10.4 Å². The fraction of sp³-hybridized carbons (Fsp3) is 0. The fourth-order valence-corrected chi connectivity index (χ4v) is 8.34. The summed E-state index contributed by atoms with van der Waals surface area (Å²) >= 11 is 1.83. The maximum atomic E-state index is 6.68. The molecule has 0 spiro atoms. The Balaban J connectivity index is 1.15. The van der Waals surface area contributed by atoms with Gasteiger partial charge in [0.25, 0.3) is 0 Å². The highest BCUT2D eigenvalue weighted by atomic mass is 32.1. The van der Waals surface area contributed by atoms with Crippen LogP contribution in [0.2, 0.25) is 0 Å². The lowest BCUT2D eigenvalue weighted by atomic mass is 10.0. The van der Waals surface area contributed by atoms with Gasteiger partial charge in [-0.05, 0) is 93.3 Å². The van der Waals surface area contributed by atoms with E-state index < -0.39 is 0 Å². The zero-order chi connectivity index (χ0) is 30.9. The summed E-state index contributed by atoms with van der Waals surface area (Å²) in [6, 6.07) is 59.0. The minimum absolute atomic E-state index is 0.930. The van der Waals surface area contributed by atoms with Crippen LogP contribution in [-0.4, -0.2) is 0 Å². The Bertz CT molecular complexity index is 2790. The predicted molar refractivity (Wildman–Crippen MR) is 202 cm³/mol. The number of furan rings is 1. The first kappa shape index (κ1) is 26.3. The SMILES string of the molecule is c1ccc(N(c2ccc(-c3ccc4ccccc4c3)cc2)c2cccc3c2sc2ccc4c5cc6ccccc6cc5oc4c23)cc1. The molecule has 0 fully saturated rings. The van der Waals surface area contributed by atoms with Crippen LogP contribution in [0.4, 0.5) is 17.1 Å². The molecule has 0 saturated carbocycles. The smallest absolute Gasteiger partial charge is 0.144 e. The average molecular weight is 618 g/mol. The second kappa shape index (κ2) is 10.3. The molecule has 2 aromatic heterocycles. The van der Waals surface area contributed by atoms with Crippen molar-refractivity contribution in [3.05, 3.63) is 164 Å². The summed E-state index contributed by atoms with van der Waals surface area (Å²) in [7, 11) is 0. The van der Waals surface area contributed by atoms with Crippen LogP contribution in [0.25, 0.3) is 74.8 Å². The number of benzene rings is 8. The van der Waals surface area contributed by atoms with Gasteiger partial charge in [-0.15, -0.1) is 11.3 Å². The molecule has 2 nitrogen and oxygen atoms in total. The molecule has 0 radical (unpaired) electrons. The molecule has 2 heterocycles. The van der Waals surface area contributed by atoms with Crippen LogP contribution < -0.4 is 4.90 Å². The molecule has 0 aliphatic carbocycles. The van der Waals surface area contributed by atoms with E-state index in [4.69, 9.17) is 4.42 Å². The first-order valence-electron chi connectivity index (χ1n) is 15.9. The van der Waals surface area contributed by atoms with E-state index in [1.807, 2.05) is 11.3 Å². The second-order valence-corrected chi connectivity index (χ2v) is 13.2. The van der Waals surface area contributed by atoms with Crippen molar-refractivity contribution >= 4 is 92.1 Å². The number of nitrogens with zero attached hydrogens (tertiary/aromatic N) is 1. The van der Waals surface area contributed by atoms with Gasteiger partial charge < -0.3 is 9.32 Å². The van der Waals surface area contributed by atoms with E-state index in [1.165, 1.54) is 52.8 Å². The average Bonchev–Trinajstić information content (AvgIpc) is 3.69. The van der Waals surface area contributed by atoms with Gasteiger partial charge in [-0.2, -0.15) is 0 Å². The number of hydrogen-bond acceptors (Lipinski definition) is 3. The molecule has 0 bridgehead atoms. The summed E-state index contributed by atoms with van der Waals surface area (Å²) in [4.78, 5) is 2.38. The van der Waals surface area contributed by atoms with E-state index in [0.29, 0.717) is 0 Å². The van der Waals surface area contributed by atoms with Crippen molar-refractivity contribution in [3.8, 4) is 11.1 Å². The molecule has 10 rings (SSSR count). The Morgan fingerprint density at radius 3 is 1.94 bits per heavy atom. The van der Waals surface area contributed by atoms with Gasteiger partial charge in [0.2, 0.25) is 0 Å². The maximum absolute atomic E-state index is 6.68. The molecule has 0 amide bonds. The first-order chi connectivity index (χ1) is 23.3. The van der Waals surface area contributed by atoms with E-state index in [-0.39, 0.29) is 0 Å². The first-order valence-corrected chi connectivity index (χ1v) is 16.7. The normalized spacial score (nSPS) is 11.8. The summed E-state index contributed by atoms with van der Waals surface area (Å²) < 4.78 is 9.15. The van der Waals surface area contributed by atoms with Crippen LogP contribution in [0.15, 0.2) is 168 Å². The van der Waals surface area contributed by atoms with Crippen molar-refractivity contribution in [1.29, 1.82) is 0 Å². The quantitative estimate of drug-likeness (QED) is 0.195. The van der Waals surface area contributed by atoms with Crippen LogP contribution in [0.5, 0.6) is 0 Å². The van der Waals surface area contributed by atoms with Crippen molar-refractivity contribution in [2.75, 3.05) is 4.90 Å². The zero-order valence-electron chi connectivity index (χ0n) is 25.4. The molecule has 47 heavy (non-hydrogen) atoms. The number of anilines is 3. The molecule has 0 aliphatic heterocycles. The van der Waals surface area contributed by atoms with Crippen LogP contribution in [0.3, 0.4) is 0 Å². The highest BCUT2D eigenvalue weighted by Gasteiger charge is 2.21. The third-order valence-electron chi connectivity index (χ3n) is 9.41. The van der Waals surface area contributed by atoms with E-state index in [0.717, 1.165) is 39.0 Å². The van der Waals surface area contributed by atoms with Crippen molar-refractivity contribution in [2.45, 2.75) is 0 Å². The largest absolute Gasteiger partial charge is 0.455 e. The fourth-order valence-electron chi connectivity index (χ4n) is 7.14. The van der Waals surface area contributed by atoms with Gasteiger partial charge in [-0.25, -0.2) is 0 Å². The van der Waals surface area contributed by atoms with E-state index in [9.17, 15) is 0 Å². The van der Waals surface area contributed by atoms with Gasteiger partial charge in [-0.3, -0.25) is 0 Å². The predicted octanol–water partition coefficient (Wildman–Crippen LogP) is 13.4. The Morgan fingerprint density at radius 2 is 1.13 bits per heavy atom. The lowest BCUT2D eigenvalue weighted by Gasteiger charge is -2.26. The lowest BCUT2D eigenvalue weighted by Crippen LogP contribution is -2.09. The second-order valence-electron chi connectivity index (χ2n) is 12.1. The highest BCUT2D eigenvalue weighted by Crippen LogP contribution is 2.48. The van der Waals surface area contributed by atoms with Gasteiger partial charge in [0, 0.05) is 37.6 Å². The lowest BCUT2D eigenvalue weighted by molar-refractivity contribution is 0.673. The molecule has 10 aromatic rings. The van der Waals surface area contributed by atoms with Crippen molar-refractivity contribution in [2.24, 2.45) is 0 Å². The van der Waals surface area contributed by atoms with Crippen molar-refractivity contribution in [3.63, 3.8) is 0 Å². The molecule has 0 atom stereocenters. The minimum Gasteiger partial charge on any atom is -0.455 e. The van der Waals surface area contributed by atoms with Crippen LogP contribution in [-0.2, 0) is 0 Å². The molecule has 0 aliphatic rings. The number of rotatable bonds is 4. The summed E-state index contributed by atoms with van der Waals surface area (Å²) in [5, 5.41) is 9.65. The third-order valence-corrected chi connectivity index (χ3v) is 10.6.